The van der Waals surface area contributed by atoms with Crippen molar-refractivity contribution in [3.8, 4) is 0 Å². The number of aromatic nitrogens is 1. The van der Waals surface area contributed by atoms with Gasteiger partial charge in [0.15, 0.2) is 0 Å². The summed E-state index contributed by atoms with van der Waals surface area (Å²) < 4.78 is 35.0. The average Bonchev–Trinajstić information content (AvgIpc) is 2.98. The van der Waals surface area contributed by atoms with Gasteiger partial charge < -0.3 is 14.0 Å². The molecule has 0 saturated carbocycles. The van der Waals surface area contributed by atoms with E-state index in [0.717, 1.165) is 16.6 Å². The molecule has 0 unspecified atom stereocenters. The van der Waals surface area contributed by atoms with Crippen molar-refractivity contribution in [3.63, 3.8) is 0 Å². The lowest BCUT2D eigenvalue weighted by atomic mass is 10.4. The number of rotatable bonds is 5. The number of furan rings is 1. The fraction of sp³-hybridized carbons (Fsp3) is 0.273. The molecule has 2 rings (SSSR count). The van der Waals surface area contributed by atoms with Crippen LogP contribution in [0.15, 0.2) is 32.4 Å². The Balaban J connectivity index is 2.22. The topological polar surface area (TPSA) is 114 Å². The Morgan fingerprint density at radius 1 is 1.45 bits per heavy atom. The molecule has 8 nitrogen and oxygen atoms in total. The summed E-state index contributed by atoms with van der Waals surface area (Å²) in [5.41, 5.74) is 0.216. The van der Waals surface area contributed by atoms with Crippen LogP contribution in [0.4, 0.5) is 0 Å². The number of aromatic carboxylic acids is 1. The Bertz CT molecular complexity index is 730. The first-order valence-electron chi connectivity index (χ1n) is 5.51. The summed E-state index contributed by atoms with van der Waals surface area (Å²) in [6, 6.07) is 2.57. The molecule has 0 spiro atoms. The van der Waals surface area contributed by atoms with E-state index in [-0.39, 0.29) is 12.1 Å². The van der Waals surface area contributed by atoms with E-state index in [0.29, 0.717) is 11.5 Å². The molecule has 0 aliphatic rings. The van der Waals surface area contributed by atoms with Crippen molar-refractivity contribution in [2.24, 2.45) is 0 Å². The molecule has 108 valence electrons. The molecule has 0 atom stereocenters. The van der Waals surface area contributed by atoms with E-state index < -0.39 is 21.1 Å². The number of hydrogen-bond donors (Lipinski definition) is 1. The number of carboxylic acid groups (broad SMARTS) is 1. The van der Waals surface area contributed by atoms with Gasteiger partial charge in [-0.1, -0.05) is 5.16 Å². The van der Waals surface area contributed by atoms with E-state index in [1.54, 1.807) is 13.0 Å². The highest BCUT2D eigenvalue weighted by molar-refractivity contribution is 7.88. The lowest BCUT2D eigenvalue weighted by Crippen LogP contribution is -2.26. The van der Waals surface area contributed by atoms with Crippen LogP contribution in [0.2, 0.25) is 0 Å². The molecule has 0 aliphatic heterocycles. The molecule has 9 heteroatoms. The molecule has 0 aromatic carbocycles. The standard InChI is InChI=1S/C11H12N2O6S/c1-7-3-9(12-19-7)5-13(2)20(16,17)10-4-8(6-18-10)11(14)15/h3-4,6H,5H2,1-2H3,(H,14,15). The summed E-state index contributed by atoms with van der Waals surface area (Å²) in [6.45, 7) is 1.68. The summed E-state index contributed by atoms with van der Waals surface area (Å²) in [6.07, 6.45) is 0.878. The van der Waals surface area contributed by atoms with Crippen LogP contribution in [-0.2, 0) is 16.6 Å². The zero-order valence-electron chi connectivity index (χ0n) is 10.7. The van der Waals surface area contributed by atoms with Crippen LogP contribution >= 0.6 is 0 Å². The second-order valence-electron chi connectivity index (χ2n) is 4.15. The molecule has 2 aromatic rings. The molecular formula is C11H12N2O6S. The lowest BCUT2D eigenvalue weighted by Gasteiger charge is -2.13. The second-order valence-corrected chi connectivity index (χ2v) is 6.13. The van der Waals surface area contributed by atoms with Crippen LogP contribution < -0.4 is 0 Å². The molecule has 2 aromatic heterocycles. The minimum Gasteiger partial charge on any atom is -0.478 e. The highest BCUT2D eigenvalue weighted by Gasteiger charge is 2.26. The van der Waals surface area contributed by atoms with Crippen molar-refractivity contribution in [2.45, 2.75) is 18.6 Å². The molecule has 0 fully saturated rings. The first kappa shape index (κ1) is 14.3. The fourth-order valence-corrected chi connectivity index (χ4v) is 2.58. The van der Waals surface area contributed by atoms with E-state index in [4.69, 9.17) is 14.0 Å². The van der Waals surface area contributed by atoms with Gasteiger partial charge in [-0.15, -0.1) is 0 Å². The van der Waals surface area contributed by atoms with Gasteiger partial charge in [-0.2, -0.15) is 4.31 Å². The normalized spacial score (nSPS) is 11.9. The number of carboxylic acids is 1. The molecule has 0 aliphatic carbocycles. The van der Waals surface area contributed by atoms with Gasteiger partial charge in [-0.3, -0.25) is 0 Å². The van der Waals surface area contributed by atoms with Crippen LogP contribution in [0, 0.1) is 6.92 Å². The highest BCUT2D eigenvalue weighted by atomic mass is 32.2. The van der Waals surface area contributed by atoms with E-state index in [1.165, 1.54) is 7.05 Å². The van der Waals surface area contributed by atoms with Gasteiger partial charge in [0.05, 0.1) is 17.8 Å². The molecule has 0 saturated heterocycles. The fourth-order valence-electron chi connectivity index (χ4n) is 1.52. The van der Waals surface area contributed by atoms with Gasteiger partial charge >= 0.3 is 5.97 Å². The predicted octanol–water partition coefficient (Wildman–Crippen LogP) is 1.09. The minimum atomic E-state index is -3.92. The quantitative estimate of drug-likeness (QED) is 0.879. The van der Waals surface area contributed by atoms with E-state index in [1.807, 2.05) is 0 Å². The van der Waals surface area contributed by atoms with Crippen LogP contribution in [0.3, 0.4) is 0 Å². The van der Waals surface area contributed by atoms with Gasteiger partial charge in [-0.25, -0.2) is 13.2 Å². The van der Waals surface area contributed by atoms with Crippen molar-refractivity contribution in [3.05, 3.63) is 35.4 Å². The van der Waals surface area contributed by atoms with E-state index in [2.05, 4.69) is 5.16 Å². The van der Waals surface area contributed by atoms with Gasteiger partial charge in [0.2, 0.25) is 5.09 Å². The maximum atomic E-state index is 12.2. The largest absolute Gasteiger partial charge is 0.478 e. The Kier molecular flexibility index (Phi) is 3.64. The van der Waals surface area contributed by atoms with Crippen molar-refractivity contribution in [1.29, 1.82) is 0 Å². The summed E-state index contributed by atoms with van der Waals surface area (Å²) in [7, 11) is -2.58. The molecule has 0 radical (unpaired) electrons. The van der Waals surface area contributed by atoms with Crippen molar-refractivity contribution >= 4 is 16.0 Å². The average molecular weight is 300 g/mol. The SMILES string of the molecule is Cc1cc(CN(C)S(=O)(=O)c2cc(C(=O)O)co2)no1. The monoisotopic (exact) mass is 300 g/mol. The summed E-state index contributed by atoms with van der Waals surface area (Å²) in [5.74, 6) is -0.693. The van der Waals surface area contributed by atoms with Crippen LogP contribution in [0.1, 0.15) is 21.8 Å². The Morgan fingerprint density at radius 3 is 2.65 bits per heavy atom. The van der Waals surface area contributed by atoms with Crippen molar-refractivity contribution < 1.29 is 27.3 Å². The highest BCUT2D eigenvalue weighted by Crippen LogP contribution is 2.19. The second kappa shape index (κ2) is 5.10. The third-order valence-corrected chi connectivity index (χ3v) is 4.22. The van der Waals surface area contributed by atoms with E-state index in [9.17, 15) is 13.2 Å². The number of aryl methyl sites for hydroxylation is 1. The number of carbonyl (C=O) groups is 1. The van der Waals surface area contributed by atoms with Crippen molar-refractivity contribution in [2.75, 3.05) is 7.05 Å². The first-order chi connectivity index (χ1) is 9.30. The molecular weight excluding hydrogens is 288 g/mol. The van der Waals surface area contributed by atoms with Gasteiger partial charge in [0, 0.05) is 19.2 Å². The van der Waals surface area contributed by atoms with Crippen molar-refractivity contribution in [1.82, 2.24) is 9.46 Å². The van der Waals surface area contributed by atoms with Crippen LogP contribution in [0.5, 0.6) is 0 Å². The Labute approximate surface area is 114 Å². The Hall–Kier alpha value is -2.13. The molecule has 0 amide bonds. The number of hydrogen-bond acceptors (Lipinski definition) is 6. The molecule has 1 N–H and O–H groups in total. The number of sulfonamides is 1. The van der Waals surface area contributed by atoms with Gasteiger partial charge in [0.25, 0.3) is 10.0 Å². The van der Waals surface area contributed by atoms with Crippen LogP contribution in [0.25, 0.3) is 0 Å². The minimum absolute atomic E-state index is 0.0111. The van der Waals surface area contributed by atoms with Gasteiger partial charge in [0.1, 0.15) is 12.0 Å². The molecule has 0 bridgehead atoms. The van der Waals surface area contributed by atoms with Gasteiger partial charge in [-0.05, 0) is 6.92 Å². The lowest BCUT2D eigenvalue weighted by molar-refractivity contribution is 0.0696. The zero-order chi connectivity index (χ0) is 14.9. The Morgan fingerprint density at radius 2 is 2.15 bits per heavy atom. The maximum absolute atomic E-state index is 12.2. The molecule has 2 heterocycles. The smallest absolute Gasteiger partial charge is 0.339 e. The van der Waals surface area contributed by atoms with Crippen LogP contribution in [-0.4, -0.2) is 36.0 Å². The zero-order valence-corrected chi connectivity index (χ0v) is 11.5. The summed E-state index contributed by atoms with van der Waals surface area (Å²) in [5, 5.41) is 12.0. The third kappa shape index (κ3) is 2.73. The maximum Gasteiger partial charge on any atom is 0.339 e. The third-order valence-electron chi connectivity index (χ3n) is 2.55. The summed E-state index contributed by atoms with van der Waals surface area (Å²) in [4.78, 5) is 10.7. The predicted molar refractivity (Wildman–Crippen MR) is 65.6 cm³/mol. The molecule has 20 heavy (non-hydrogen) atoms. The first-order valence-corrected chi connectivity index (χ1v) is 6.95. The number of nitrogens with zero attached hydrogens (tertiary/aromatic N) is 2. The summed E-state index contributed by atoms with van der Waals surface area (Å²) >= 11 is 0. The van der Waals surface area contributed by atoms with E-state index >= 15 is 0 Å².